The van der Waals surface area contributed by atoms with E-state index in [0.717, 1.165) is 23.4 Å². The lowest BCUT2D eigenvalue weighted by molar-refractivity contribution is -0.117. The minimum atomic E-state index is -0.171. The maximum Gasteiger partial charge on any atom is 0.266 e. The predicted molar refractivity (Wildman–Crippen MR) is 82.6 cm³/mol. The molecule has 0 saturated heterocycles. The van der Waals surface area contributed by atoms with E-state index >= 15 is 0 Å². The largest absolute Gasteiger partial charge is 0.321 e. The highest BCUT2D eigenvalue weighted by molar-refractivity contribution is 7.18. The monoisotopic (exact) mass is 301 g/mol. The van der Waals surface area contributed by atoms with Gasteiger partial charge in [0.2, 0.25) is 5.91 Å². The van der Waals surface area contributed by atoms with Crippen molar-refractivity contribution in [2.75, 3.05) is 10.6 Å². The van der Waals surface area contributed by atoms with Crippen molar-refractivity contribution in [1.29, 1.82) is 0 Å². The minimum Gasteiger partial charge on any atom is -0.321 e. The van der Waals surface area contributed by atoms with Crippen LogP contribution in [0.25, 0.3) is 0 Å². The number of rotatable bonds is 4. The normalized spacial score (nSPS) is 13.8. The van der Waals surface area contributed by atoms with Gasteiger partial charge in [-0.3, -0.25) is 14.6 Å². The van der Waals surface area contributed by atoms with Crippen LogP contribution in [0.2, 0.25) is 0 Å². The van der Waals surface area contributed by atoms with Crippen LogP contribution in [-0.2, 0) is 4.79 Å². The molecule has 2 amide bonds. The van der Waals surface area contributed by atoms with Crippen molar-refractivity contribution in [2.24, 2.45) is 5.92 Å². The zero-order valence-corrected chi connectivity index (χ0v) is 12.4. The summed E-state index contributed by atoms with van der Waals surface area (Å²) in [6.45, 7) is 1.87. The Morgan fingerprint density at radius 3 is 2.62 bits per heavy atom. The summed E-state index contributed by atoms with van der Waals surface area (Å²) < 4.78 is 0. The second kappa shape index (κ2) is 5.65. The quantitative estimate of drug-likeness (QED) is 0.911. The molecule has 2 heterocycles. The second-order valence-corrected chi connectivity index (χ2v) is 6.13. The third-order valence-electron chi connectivity index (χ3n) is 3.26. The summed E-state index contributed by atoms with van der Waals surface area (Å²) in [6, 6.07) is 5.31. The van der Waals surface area contributed by atoms with Crippen molar-refractivity contribution in [2.45, 2.75) is 19.8 Å². The average molecular weight is 301 g/mol. The Morgan fingerprint density at radius 2 is 1.95 bits per heavy atom. The highest BCUT2D eigenvalue weighted by Crippen LogP contribution is 2.33. The number of amides is 2. The number of aromatic nitrogens is 1. The van der Waals surface area contributed by atoms with E-state index in [9.17, 15) is 9.59 Å². The molecule has 0 aliphatic heterocycles. The minimum absolute atomic E-state index is 0.0531. The smallest absolute Gasteiger partial charge is 0.266 e. The summed E-state index contributed by atoms with van der Waals surface area (Å²) in [5.41, 5.74) is 1.56. The van der Waals surface area contributed by atoms with Crippen molar-refractivity contribution in [3.8, 4) is 0 Å². The number of pyridine rings is 1. The Bertz CT molecular complexity index is 677. The molecule has 0 atom stereocenters. The van der Waals surface area contributed by atoms with Gasteiger partial charge in [-0.1, -0.05) is 0 Å². The SMILES string of the molecule is Cc1cc(NC(=O)C2CC2)sc1C(=O)Nc1ccncc1. The van der Waals surface area contributed by atoms with Crippen molar-refractivity contribution >= 4 is 33.8 Å². The van der Waals surface area contributed by atoms with Gasteiger partial charge < -0.3 is 10.6 Å². The Morgan fingerprint density at radius 1 is 1.24 bits per heavy atom. The van der Waals surface area contributed by atoms with Crippen LogP contribution in [0.4, 0.5) is 10.7 Å². The molecule has 108 valence electrons. The number of aryl methyl sites for hydroxylation is 1. The average Bonchev–Trinajstić information content (AvgIpc) is 3.24. The van der Waals surface area contributed by atoms with Crippen molar-refractivity contribution in [3.63, 3.8) is 0 Å². The molecule has 21 heavy (non-hydrogen) atoms. The molecular formula is C15H15N3O2S. The van der Waals surface area contributed by atoms with Crippen LogP contribution < -0.4 is 10.6 Å². The molecular weight excluding hydrogens is 286 g/mol. The summed E-state index contributed by atoms with van der Waals surface area (Å²) in [4.78, 5) is 28.5. The molecule has 2 aromatic heterocycles. The van der Waals surface area contributed by atoms with Gasteiger partial charge in [0.15, 0.2) is 0 Å². The highest BCUT2D eigenvalue weighted by Gasteiger charge is 2.30. The van der Waals surface area contributed by atoms with Crippen molar-refractivity contribution in [3.05, 3.63) is 41.0 Å². The number of carbonyl (C=O) groups is 2. The van der Waals surface area contributed by atoms with Crippen LogP contribution in [-0.4, -0.2) is 16.8 Å². The number of nitrogens with one attached hydrogen (secondary N) is 2. The molecule has 0 radical (unpaired) electrons. The van der Waals surface area contributed by atoms with Crippen molar-refractivity contribution < 1.29 is 9.59 Å². The van der Waals surface area contributed by atoms with E-state index in [2.05, 4.69) is 15.6 Å². The lowest BCUT2D eigenvalue weighted by Gasteiger charge is -2.03. The van der Waals surface area contributed by atoms with E-state index in [1.807, 2.05) is 13.0 Å². The predicted octanol–water partition coefficient (Wildman–Crippen LogP) is 3.05. The van der Waals surface area contributed by atoms with Crippen LogP contribution in [0.1, 0.15) is 28.1 Å². The maximum atomic E-state index is 12.2. The number of hydrogen-bond donors (Lipinski definition) is 2. The second-order valence-electron chi connectivity index (χ2n) is 5.08. The topological polar surface area (TPSA) is 71.1 Å². The molecule has 1 aliphatic rings. The van der Waals surface area contributed by atoms with Gasteiger partial charge in [0, 0.05) is 24.0 Å². The van der Waals surface area contributed by atoms with Crippen LogP contribution >= 0.6 is 11.3 Å². The van der Waals surface area contributed by atoms with E-state index in [4.69, 9.17) is 0 Å². The van der Waals surface area contributed by atoms with Gasteiger partial charge in [-0.05, 0) is 43.5 Å². The first-order valence-corrected chi connectivity index (χ1v) is 7.58. The first kappa shape index (κ1) is 13.8. The third-order valence-corrected chi connectivity index (χ3v) is 4.41. The van der Waals surface area contributed by atoms with Gasteiger partial charge in [-0.2, -0.15) is 0 Å². The number of hydrogen-bond acceptors (Lipinski definition) is 4. The number of thiophene rings is 1. The molecule has 5 nitrogen and oxygen atoms in total. The van der Waals surface area contributed by atoms with Crippen LogP contribution in [0, 0.1) is 12.8 Å². The maximum absolute atomic E-state index is 12.2. The van der Waals surface area contributed by atoms with Gasteiger partial charge in [0.1, 0.15) is 0 Å². The molecule has 1 aliphatic carbocycles. The van der Waals surface area contributed by atoms with Crippen LogP contribution in [0.15, 0.2) is 30.6 Å². The lowest BCUT2D eigenvalue weighted by Crippen LogP contribution is -2.12. The molecule has 1 fully saturated rings. The van der Waals surface area contributed by atoms with E-state index < -0.39 is 0 Å². The molecule has 6 heteroatoms. The first-order valence-electron chi connectivity index (χ1n) is 6.76. The van der Waals surface area contributed by atoms with E-state index in [-0.39, 0.29) is 17.7 Å². The summed E-state index contributed by atoms with van der Waals surface area (Å²) in [6.07, 6.45) is 5.17. The first-order chi connectivity index (χ1) is 10.1. The van der Waals surface area contributed by atoms with E-state index in [1.54, 1.807) is 24.5 Å². The molecule has 1 saturated carbocycles. The summed E-state index contributed by atoms with van der Waals surface area (Å²) in [5, 5.41) is 6.42. The zero-order chi connectivity index (χ0) is 14.8. The van der Waals surface area contributed by atoms with E-state index in [1.165, 1.54) is 11.3 Å². The fourth-order valence-corrected chi connectivity index (χ4v) is 2.93. The van der Waals surface area contributed by atoms with Crippen molar-refractivity contribution in [1.82, 2.24) is 4.98 Å². The molecule has 2 aromatic rings. The summed E-state index contributed by atoms with van der Waals surface area (Å²) in [7, 11) is 0. The summed E-state index contributed by atoms with van der Waals surface area (Å²) in [5.74, 6) is 0.0365. The Labute approximate surface area is 126 Å². The fraction of sp³-hybridized carbons (Fsp3) is 0.267. The highest BCUT2D eigenvalue weighted by atomic mass is 32.1. The molecule has 3 rings (SSSR count). The van der Waals surface area contributed by atoms with Gasteiger partial charge in [0.05, 0.1) is 9.88 Å². The number of anilines is 2. The molecule has 2 N–H and O–H groups in total. The molecule has 0 bridgehead atoms. The standard InChI is InChI=1S/C15H15N3O2S/c1-9-8-12(18-14(19)10-2-3-10)21-13(9)15(20)17-11-4-6-16-7-5-11/h4-8,10H,2-3H2,1H3,(H,18,19)(H,16,17,20). The zero-order valence-electron chi connectivity index (χ0n) is 11.6. The van der Waals surface area contributed by atoms with Gasteiger partial charge in [-0.25, -0.2) is 0 Å². The molecule has 0 aromatic carbocycles. The Hall–Kier alpha value is -2.21. The Balaban J connectivity index is 1.71. The Kier molecular flexibility index (Phi) is 3.70. The van der Waals surface area contributed by atoms with Gasteiger partial charge >= 0.3 is 0 Å². The summed E-state index contributed by atoms with van der Waals surface area (Å²) >= 11 is 1.30. The number of carbonyl (C=O) groups excluding carboxylic acids is 2. The third kappa shape index (κ3) is 3.28. The van der Waals surface area contributed by atoms with Gasteiger partial charge in [0.25, 0.3) is 5.91 Å². The van der Waals surface area contributed by atoms with Crippen LogP contribution in [0.5, 0.6) is 0 Å². The lowest BCUT2D eigenvalue weighted by atomic mass is 10.2. The van der Waals surface area contributed by atoms with Crippen LogP contribution in [0.3, 0.4) is 0 Å². The molecule has 0 unspecified atom stereocenters. The fourth-order valence-electron chi connectivity index (χ4n) is 1.96. The van der Waals surface area contributed by atoms with E-state index in [0.29, 0.717) is 10.6 Å². The number of nitrogens with zero attached hydrogens (tertiary/aromatic N) is 1. The molecule has 0 spiro atoms. The van der Waals surface area contributed by atoms with Gasteiger partial charge in [-0.15, -0.1) is 11.3 Å².